The lowest BCUT2D eigenvalue weighted by molar-refractivity contribution is -0.127. The molecule has 0 saturated heterocycles. The highest BCUT2D eigenvalue weighted by Gasteiger charge is 2.09. The smallest absolute Gasteiger partial charge is 0.232 e. The molecule has 0 heterocycles. The number of benzene rings is 1. The van der Waals surface area contributed by atoms with Crippen LogP contribution in [-0.4, -0.2) is 37.8 Å². The van der Waals surface area contributed by atoms with Gasteiger partial charge in [-0.1, -0.05) is 6.07 Å². The third-order valence-electron chi connectivity index (χ3n) is 2.43. The molecule has 0 aliphatic rings. The molecular weight excluding hydrogens is 238 g/mol. The summed E-state index contributed by atoms with van der Waals surface area (Å²) in [7, 11) is 4.92. The van der Waals surface area contributed by atoms with E-state index in [9.17, 15) is 4.79 Å². The Morgan fingerprint density at radius 2 is 1.94 bits per heavy atom. The van der Waals surface area contributed by atoms with E-state index in [-0.39, 0.29) is 11.7 Å². The van der Waals surface area contributed by atoms with Crippen LogP contribution in [-0.2, 0) is 11.3 Å². The number of nitrogens with zero attached hydrogens (tertiary/aromatic N) is 1. The van der Waals surface area contributed by atoms with E-state index in [0.717, 1.165) is 5.56 Å². The molecule has 0 aliphatic heterocycles. The molecule has 1 aromatic rings. The van der Waals surface area contributed by atoms with Crippen molar-refractivity contribution in [2.75, 3.05) is 27.0 Å². The standard InChI is InChI=1S/C12H17NO3S/c1-13(12(14)8-17)7-9-4-5-10(15-2)11(6-9)16-3/h4-6,17H,7-8H2,1-3H3. The Bertz CT molecular complexity index is 395. The predicted molar refractivity (Wildman–Crippen MR) is 69.9 cm³/mol. The minimum Gasteiger partial charge on any atom is -0.493 e. The van der Waals surface area contributed by atoms with Gasteiger partial charge in [0.2, 0.25) is 5.91 Å². The number of carbonyl (C=O) groups excluding carboxylic acids is 1. The molecular formula is C12H17NO3S. The zero-order valence-corrected chi connectivity index (χ0v) is 11.2. The summed E-state index contributed by atoms with van der Waals surface area (Å²) in [6.07, 6.45) is 0. The van der Waals surface area contributed by atoms with Crippen LogP contribution in [0.5, 0.6) is 11.5 Å². The Kier molecular flexibility index (Phi) is 5.15. The van der Waals surface area contributed by atoms with E-state index in [1.807, 2.05) is 18.2 Å². The number of ether oxygens (including phenoxy) is 2. The molecule has 0 atom stereocenters. The normalized spacial score (nSPS) is 9.88. The van der Waals surface area contributed by atoms with Gasteiger partial charge in [0.25, 0.3) is 0 Å². The monoisotopic (exact) mass is 255 g/mol. The largest absolute Gasteiger partial charge is 0.493 e. The molecule has 0 aliphatic carbocycles. The summed E-state index contributed by atoms with van der Waals surface area (Å²) in [4.78, 5) is 13.0. The molecule has 0 saturated carbocycles. The molecule has 1 aromatic carbocycles. The van der Waals surface area contributed by atoms with Gasteiger partial charge in [-0.05, 0) is 17.7 Å². The summed E-state index contributed by atoms with van der Waals surface area (Å²) < 4.78 is 10.3. The van der Waals surface area contributed by atoms with Gasteiger partial charge in [0.15, 0.2) is 11.5 Å². The maximum atomic E-state index is 11.4. The fraction of sp³-hybridized carbons (Fsp3) is 0.417. The van der Waals surface area contributed by atoms with E-state index in [2.05, 4.69) is 12.6 Å². The topological polar surface area (TPSA) is 38.8 Å². The van der Waals surface area contributed by atoms with Crippen LogP contribution in [0.3, 0.4) is 0 Å². The van der Waals surface area contributed by atoms with Crippen LogP contribution < -0.4 is 9.47 Å². The van der Waals surface area contributed by atoms with E-state index in [1.54, 1.807) is 26.2 Å². The van der Waals surface area contributed by atoms with Crippen LogP contribution in [0.1, 0.15) is 5.56 Å². The molecule has 0 radical (unpaired) electrons. The van der Waals surface area contributed by atoms with Crippen molar-refractivity contribution in [2.45, 2.75) is 6.54 Å². The second-order valence-corrected chi connectivity index (χ2v) is 3.91. The summed E-state index contributed by atoms with van der Waals surface area (Å²) in [5, 5.41) is 0. The van der Waals surface area contributed by atoms with E-state index < -0.39 is 0 Å². The first-order valence-electron chi connectivity index (χ1n) is 5.18. The highest BCUT2D eigenvalue weighted by molar-refractivity contribution is 7.81. The Morgan fingerprint density at radius 3 is 2.47 bits per heavy atom. The predicted octanol–water partition coefficient (Wildman–Crippen LogP) is 1.59. The second-order valence-electron chi connectivity index (χ2n) is 3.60. The summed E-state index contributed by atoms with van der Waals surface area (Å²) in [6.45, 7) is 0.528. The highest BCUT2D eigenvalue weighted by atomic mass is 32.1. The van der Waals surface area contributed by atoms with Gasteiger partial charge in [0.1, 0.15) is 0 Å². The SMILES string of the molecule is COc1ccc(CN(C)C(=O)CS)cc1OC. The molecule has 0 aromatic heterocycles. The number of amides is 1. The van der Waals surface area contributed by atoms with Crippen molar-refractivity contribution in [1.82, 2.24) is 4.90 Å². The zero-order chi connectivity index (χ0) is 12.8. The van der Waals surface area contributed by atoms with Crippen LogP contribution in [0.15, 0.2) is 18.2 Å². The van der Waals surface area contributed by atoms with Crippen LogP contribution in [0.25, 0.3) is 0 Å². The molecule has 4 nitrogen and oxygen atoms in total. The fourth-order valence-corrected chi connectivity index (χ4v) is 1.70. The maximum absolute atomic E-state index is 11.4. The van der Waals surface area contributed by atoms with Crippen LogP contribution in [0, 0.1) is 0 Å². The molecule has 5 heteroatoms. The van der Waals surface area contributed by atoms with Gasteiger partial charge in [-0.15, -0.1) is 0 Å². The third-order valence-corrected chi connectivity index (χ3v) is 2.70. The number of rotatable bonds is 5. The minimum absolute atomic E-state index is 0.0110. The molecule has 0 N–H and O–H groups in total. The van der Waals surface area contributed by atoms with Crippen LogP contribution in [0.4, 0.5) is 0 Å². The van der Waals surface area contributed by atoms with E-state index in [4.69, 9.17) is 9.47 Å². The average Bonchev–Trinajstić information content (AvgIpc) is 2.37. The number of thiol groups is 1. The third kappa shape index (κ3) is 3.56. The van der Waals surface area contributed by atoms with Gasteiger partial charge in [-0.2, -0.15) is 12.6 Å². The summed E-state index contributed by atoms with van der Waals surface area (Å²) in [5.41, 5.74) is 0.986. The first-order valence-corrected chi connectivity index (χ1v) is 5.81. The van der Waals surface area contributed by atoms with Crippen LogP contribution in [0.2, 0.25) is 0 Å². The second kappa shape index (κ2) is 6.39. The van der Waals surface area contributed by atoms with Crippen LogP contribution >= 0.6 is 12.6 Å². The van der Waals surface area contributed by atoms with Crippen molar-refractivity contribution >= 4 is 18.5 Å². The summed E-state index contributed by atoms with van der Waals surface area (Å²) in [5.74, 6) is 1.54. The van der Waals surface area contributed by atoms with Crippen molar-refractivity contribution in [3.8, 4) is 11.5 Å². The van der Waals surface area contributed by atoms with Gasteiger partial charge in [-0.25, -0.2) is 0 Å². The Labute approximate surface area is 107 Å². The molecule has 17 heavy (non-hydrogen) atoms. The number of methoxy groups -OCH3 is 2. The van der Waals surface area contributed by atoms with Crippen molar-refractivity contribution in [2.24, 2.45) is 0 Å². The zero-order valence-electron chi connectivity index (χ0n) is 10.3. The van der Waals surface area contributed by atoms with Gasteiger partial charge in [0, 0.05) is 13.6 Å². The van der Waals surface area contributed by atoms with Crippen molar-refractivity contribution in [3.05, 3.63) is 23.8 Å². The van der Waals surface area contributed by atoms with Crippen molar-refractivity contribution < 1.29 is 14.3 Å². The van der Waals surface area contributed by atoms with Gasteiger partial charge in [-0.3, -0.25) is 4.79 Å². The Hall–Kier alpha value is -1.36. The molecule has 0 fully saturated rings. The first kappa shape index (κ1) is 13.7. The molecule has 1 rings (SSSR count). The van der Waals surface area contributed by atoms with Gasteiger partial charge < -0.3 is 14.4 Å². The number of carbonyl (C=O) groups is 1. The Balaban J connectivity index is 2.82. The van der Waals surface area contributed by atoms with Gasteiger partial charge >= 0.3 is 0 Å². The number of hydrogen-bond acceptors (Lipinski definition) is 4. The van der Waals surface area contributed by atoms with Crippen molar-refractivity contribution in [1.29, 1.82) is 0 Å². The average molecular weight is 255 g/mol. The lowest BCUT2D eigenvalue weighted by Gasteiger charge is -2.17. The maximum Gasteiger partial charge on any atom is 0.232 e. The molecule has 94 valence electrons. The number of hydrogen-bond donors (Lipinski definition) is 1. The summed E-state index contributed by atoms with van der Waals surface area (Å²) in [6, 6.07) is 5.60. The Morgan fingerprint density at radius 1 is 1.29 bits per heavy atom. The quantitative estimate of drug-likeness (QED) is 0.812. The van der Waals surface area contributed by atoms with Crippen molar-refractivity contribution in [3.63, 3.8) is 0 Å². The lowest BCUT2D eigenvalue weighted by atomic mass is 10.2. The molecule has 1 amide bonds. The lowest BCUT2D eigenvalue weighted by Crippen LogP contribution is -2.27. The first-order chi connectivity index (χ1) is 8.12. The minimum atomic E-state index is -0.0110. The molecule has 0 bridgehead atoms. The fourth-order valence-electron chi connectivity index (χ4n) is 1.46. The van der Waals surface area contributed by atoms with E-state index in [1.165, 1.54) is 0 Å². The summed E-state index contributed by atoms with van der Waals surface area (Å²) >= 11 is 3.96. The van der Waals surface area contributed by atoms with Gasteiger partial charge in [0.05, 0.1) is 20.0 Å². The molecule has 0 spiro atoms. The molecule has 0 unspecified atom stereocenters. The van der Waals surface area contributed by atoms with E-state index >= 15 is 0 Å². The van der Waals surface area contributed by atoms with E-state index in [0.29, 0.717) is 18.0 Å². The highest BCUT2D eigenvalue weighted by Crippen LogP contribution is 2.27.